The van der Waals surface area contributed by atoms with Crippen molar-refractivity contribution in [3.63, 3.8) is 0 Å². The molecule has 1 aliphatic carbocycles. The molecule has 0 aromatic rings. The average molecular weight is 241 g/mol. The van der Waals surface area contributed by atoms with Crippen molar-refractivity contribution in [3.8, 4) is 0 Å². The first kappa shape index (κ1) is 15.0. The summed E-state index contributed by atoms with van der Waals surface area (Å²) in [5.74, 6) is 0.952. The van der Waals surface area contributed by atoms with E-state index in [0.29, 0.717) is 6.04 Å². The number of hydrogen-bond donors (Lipinski definition) is 1. The largest absolute Gasteiger partial charge is 0.380 e. The van der Waals surface area contributed by atoms with Crippen LogP contribution in [0.15, 0.2) is 0 Å². The third-order valence-corrected chi connectivity index (χ3v) is 3.68. The van der Waals surface area contributed by atoms with E-state index in [1.54, 1.807) is 0 Å². The minimum Gasteiger partial charge on any atom is -0.380 e. The van der Waals surface area contributed by atoms with E-state index in [9.17, 15) is 0 Å². The third-order valence-electron chi connectivity index (χ3n) is 3.68. The third kappa shape index (κ3) is 8.62. The van der Waals surface area contributed by atoms with Gasteiger partial charge in [0.2, 0.25) is 0 Å². The summed E-state index contributed by atoms with van der Waals surface area (Å²) in [6, 6.07) is 0.702. The Labute approximate surface area is 108 Å². The fourth-order valence-electron chi connectivity index (χ4n) is 2.21. The van der Waals surface area contributed by atoms with E-state index in [1.165, 1.54) is 51.4 Å². The summed E-state index contributed by atoms with van der Waals surface area (Å²) in [6.07, 6.45) is 10.9. The van der Waals surface area contributed by atoms with Gasteiger partial charge < -0.3 is 10.1 Å². The first-order valence-corrected chi connectivity index (χ1v) is 7.65. The van der Waals surface area contributed by atoms with Gasteiger partial charge in [0, 0.05) is 19.2 Å². The van der Waals surface area contributed by atoms with Crippen LogP contribution in [-0.2, 0) is 4.74 Å². The van der Waals surface area contributed by atoms with Crippen LogP contribution in [0.3, 0.4) is 0 Å². The van der Waals surface area contributed by atoms with Gasteiger partial charge in [-0.1, -0.05) is 39.0 Å². The average Bonchev–Trinajstić information content (AvgIpc) is 3.15. The Balaban J connectivity index is 1.69. The Morgan fingerprint density at radius 2 is 1.76 bits per heavy atom. The van der Waals surface area contributed by atoms with Crippen LogP contribution in [0.25, 0.3) is 0 Å². The van der Waals surface area contributed by atoms with Crippen molar-refractivity contribution in [2.24, 2.45) is 5.92 Å². The van der Waals surface area contributed by atoms with Crippen molar-refractivity contribution in [2.45, 2.75) is 71.3 Å². The topological polar surface area (TPSA) is 21.3 Å². The first-order valence-electron chi connectivity index (χ1n) is 7.65. The van der Waals surface area contributed by atoms with Crippen molar-refractivity contribution < 1.29 is 4.74 Å². The van der Waals surface area contributed by atoms with E-state index in [1.807, 2.05) is 0 Å². The monoisotopic (exact) mass is 241 g/mol. The van der Waals surface area contributed by atoms with Gasteiger partial charge in [-0.25, -0.2) is 0 Å². The van der Waals surface area contributed by atoms with Gasteiger partial charge in [0.15, 0.2) is 0 Å². The van der Waals surface area contributed by atoms with E-state index >= 15 is 0 Å². The summed E-state index contributed by atoms with van der Waals surface area (Å²) in [6.45, 7) is 7.41. The lowest BCUT2D eigenvalue weighted by Crippen LogP contribution is -2.31. The fourth-order valence-corrected chi connectivity index (χ4v) is 2.21. The molecule has 0 bridgehead atoms. The molecule has 1 fully saturated rings. The minimum atomic E-state index is 0.702. The Kier molecular flexibility index (Phi) is 8.72. The molecular formula is C15H31NO. The quantitative estimate of drug-likeness (QED) is 0.525. The lowest BCUT2D eigenvalue weighted by molar-refractivity contribution is 0.129. The lowest BCUT2D eigenvalue weighted by Gasteiger charge is -2.12. The maximum Gasteiger partial charge on any atom is 0.0590 e. The highest BCUT2D eigenvalue weighted by Gasteiger charge is 2.26. The molecule has 1 N–H and O–H groups in total. The maximum absolute atomic E-state index is 5.63. The van der Waals surface area contributed by atoms with Crippen LogP contribution >= 0.6 is 0 Å². The number of unbranched alkanes of at least 4 members (excludes halogenated alkanes) is 5. The maximum atomic E-state index is 5.63. The zero-order valence-corrected chi connectivity index (χ0v) is 11.8. The predicted molar refractivity (Wildman–Crippen MR) is 74.4 cm³/mol. The Hall–Kier alpha value is -0.0800. The molecule has 0 spiro atoms. The zero-order valence-electron chi connectivity index (χ0n) is 11.8. The molecule has 2 heteroatoms. The Morgan fingerprint density at radius 3 is 2.47 bits per heavy atom. The molecule has 1 atom stereocenters. The molecule has 102 valence electrons. The van der Waals surface area contributed by atoms with E-state index in [2.05, 4.69) is 19.2 Å². The number of ether oxygens (including phenoxy) is 1. The standard InChI is InChI=1S/C15H31NO/c1-3-4-5-6-7-8-12-17-13-11-16-14(2)15-9-10-15/h14-16H,3-13H2,1-2H3. The van der Waals surface area contributed by atoms with Crippen molar-refractivity contribution in [3.05, 3.63) is 0 Å². The van der Waals surface area contributed by atoms with Crippen LogP contribution < -0.4 is 5.32 Å². The van der Waals surface area contributed by atoms with Crippen LogP contribution in [-0.4, -0.2) is 25.8 Å². The molecule has 0 aromatic carbocycles. The molecule has 1 aliphatic rings. The molecule has 1 saturated carbocycles. The normalized spacial score (nSPS) is 17.3. The SMILES string of the molecule is CCCCCCCCOCCNC(C)C1CC1. The van der Waals surface area contributed by atoms with Crippen molar-refractivity contribution >= 4 is 0 Å². The zero-order chi connectivity index (χ0) is 12.3. The van der Waals surface area contributed by atoms with Gasteiger partial charge in [0.05, 0.1) is 6.61 Å². The molecule has 1 unspecified atom stereocenters. The van der Waals surface area contributed by atoms with Gasteiger partial charge in [0.25, 0.3) is 0 Å². The molecule has 0 amide bonds. The summed E-state index contributed by atoms with van der Waals surface area (Å²) in [4.78, 5) is 0. The van der Waals surface area contributed by atoms with Gasteiger partial charge >= 0.3 is 0 Å². The second-order valence-electron chi connectivity index (χ2n) is 5.46. The van der Waals surface area contributed by atoms with Crippen molar-refractivity contribution in [1.82, 2.24) is 5.32 Å². The smallest absolute Gasteiger partial charge is 0.0590 e. The highest BCUT2D eigenvalue weighted by Crippen LogP contribution is 2.32. The van der Waals surface area contributed by atoms with Crippen molar-refractivity contribution in [1.29, 1.82) is 0 Å². The van der Waals surface area contributed by atoms with Gasteiger partial charge in [-0.05, 0) is 32.1 Å². The second-order valence-corrected chi connectivity index (χ2v) is 5.46. The van der Waals surface area contributed by atoms with Gasteiger partial charge in [-0.15, -0.1) is 0 Å². The van der Waals surface area contributed by atoms with E-state index in [-0.39, 0.29) is 0 Å². The van der Waals surface area contributed by atoms with Crippen molar-refractivity contribution in [2.75, 3.05) is 19.8 Å². The van der Waals surface area contributed by atoms with Crippen LogP contribution in [0, 0.1) is 5.92 Å². The molecule has 17 heavy (non-hydrogen) atoms. The lowest BCUT2D eigenvalue weighted by atomic mass is 10.1. The van der Waals surface area contributed by atoms with E-state index < -0.39 is 0 Å². The van der Waals surface area contributed by atoms with Crippen LogP contribution in [0.1, 0.15) is 65.2 Å². The van der Waals surface area contributed by atoms with Gasteiger partial charge in [-0.3, -0.25) is 0 Å². The van der Waals surface area contributed by atoms with E-state index in [0.717, 1.165) is 25.7 Å². The molecular weight excluding hydrogens is 210 g/mol. The molecule has 2 nitrogen and oxygen atoms in total. The molecule has 1 rings (SSSR count). The van der Waals surface area contributed by atoms with E-state index in [4.69, 9.17) is 4.74 Å². The minimum absolute atomic E-state index is 0.702. The second kappa shape index (κ2) is 9.90. The molecule has 0 heterocycles. The number of nitrogens with one attached hydrogen (secondary N) is 1. The highest BCUT2D eigenvalue weighted by atomic mass is 16.5. The predicted octanol–water partition coefficient (Wildman–Crippen LogP) is 3.75. The van der Waals surface area contributed by atoms with Gasteiger partial charge in [0.1, 0.15) is 0 Å². The van der Waals surface area contributed by atoms with Crippen LogP contribution in [0.5, 0.6) is 0 Å². The number of rotatable bonds is 12. The van der Waals surface area contributed by atoms with Crippen LogP contribution in [0.4, 0.5) is 0 Å². The molecule has 0 aromatic heterocycles. The van der Waals surface area contributed by atoms with Crippen LogP contribution in [0.2, 0.25) is 0 Å². The number of hydrogen-bond acceptors (Lipinski definition) is 2. The summed E-state index contributed by atoms with van der Waals surface area (Å²) in [7, 11) is 0. The Morgan fingerprint density at radius 1 is 1.06 bits per heavy atom. The first-order chi connectivity index (χ1) is 8.34. The van der Waals surface area contributed by atoms with Gasteiger partial charge in [-0.2, -0.15) is 0 Å². The molecule has 0 radical (unpaired) electrons. The summed E-state index contributed by atoms with van der Waals surface area (Å²) >= 11 is 0. The summed E-state index contributed by atoms with van der Waals surface area (Å²) in [5.41, 5.74) is 0. The summed E-state index contributed by atoms with van der Waals surface area (Å²) < 4.78 is 5.63. The molecule has 0 aliphatic heterocycles. The highest BCUT2D eigenvalue weighted by molar-refractivity contribution is 4.82. The summed E-state index contributed by atoms with van der Waals surface area (Å²) in [5, 5.41) is 3.54. The molecule has 0 saturated heterocycles. The fraction of sp³-hybridized carbons (Fsp3) is 1.00. The Bertz CT molecular complexity index is 168.